The maximum absolute atomic E-state index is 10.5. The van der Waals surface area contributed by atoms with Crippen LogP contribution in [-0.4, -0.2) is 92.4 Å². The standard InChI is InChI=1S/2C28H42N2O2/c2*1-7-25(21-13-15-27(31)23(17-21)19-29(9-3)10-4)26(8-2)22-14-16-28(32)24(18-22)20-30(11-5)12-6/h2*13-18,31-32H,7-12,19-20H2,1-6H3/b26-25+;26-25-. The fraction of sp³-hybridized carbons (Fsp3) is 0.500. The van der Waals surface area contributed by atoms with Gasteiger partial charge in [0.25, 0.3) is 0 Å². The minimum atomic E-state index is 0.361. The molecule has 64 heavy (non-hydrogen) atoms. The molecule has 0 aliphatic heterocycles. The number of phenols is 4. The number of rotatable bonds is 24. The van der Waals surface area contributed by atoms with Crippen LogP contribution >= 0.6 is 0 Å². The van der Waals surface area contributed by atoms with Gasteiger partial charge in [-0.2, -0.15) is 0 Å². The molecule has 8 heteroatoms. The Hall–Kier alpha value is -4.60. The molecule has 0 spiro atoms. The first kappa shape index (κ1) is 53.7. The predicted molar refractivity (Wildman–Crippen MR) is 274 cm³/mol. The summed E-state index contributed by atoms with van der Waals surface area (Å²) >= 11 is 0. The molecule has 0 radical (unpaired) electrons. The zero-order valence-corrected chi connectivity index (χ0v) is 41.8. The van der Waals surface area contributed by atoms with E-state index in [1.165, 1.54) is 44.5 Å². The Morgan fingerprint density at radius 1 is 0.297 bits per heavy atom. The largest absolute Gasteiger partial charge is 0.508 e. The van der Waals surface area contributed by atoms with Crippen molar-refractivity contribution < 1.29 is 20.4 Å². The minimum absolute atomic E-state index is 0.361. The SMILES string of the molecule is CC/C(=C(/CC)c1ccc(O)c(CN(CC)CC)c1)c1ccc(O)c(CN(CC)CC)c1.CC/C(=C(\CC)c1ccc(O)c(CN(CC)CC)c1)c1ccc(O)c(CN(CC)CC)c1. The van der Waals surface area contributed by atoms with E-state index in [4.69, 9.17) is 0 Å². The summed E-state index contributed by atoms with van der Waals surface area (Å²) < 4.78 is 0. The number of hydrogen-bond acceptors (Lipinski definition) is 8. The smallest absolute Gasteiger partial charge is 0.120 e. The molecule has 0 unspecified atom stereocenters. The average molecular weight is 877 g/mol. The molecule has 0 aliphatic carbocycles. The van der Waals surface area contributed by atoms with E-state index < -0.39 is 0 Å². The first-order valence-corrected chi connectivity index (χ1v) is 24.5. The third-order valence-electron chi connectivity index (χ3n) is 13.0. The van der Waals surface area contributed by atoms with Gasteiger partial charge in [0, 0.05) is 48.4 Å². The summed E-state index contributed by atoms with van der Waals surface area (Å²) in [6, 6.07) is 24.1. The van der Waals surface area contributed by atoms with Crippen LogP contribution in [0.2, 0.25) is 0 Å². The third kappa shape index (κ3) is 14.7. The molecule has 0 aliphatic rings. The highest BCUT2D eigenvalue weighted by molar-refractivity contribution is 5.92. The van der Waals surface area contributed by atoms with Crippen LogP contribution in [0, 0.1) is 0 Å². The molecule has 4 aromatic rings. The van der Waals surface area contributed by atoms with Gasteiger partial charge in [-0.25, -0.2) is 0 Å². The number of phenolic OH excluding ortho intramolecular Hbond substituents is 4. The van der Waals surface area contributed by atoms with Gasteiger partial charge in [-0.15, -0.1) is 0 Å². The van der Waals surface area contributed by atoms with Crippen molar-refractivity contribution in [1.29, 1.82) is 0 Å². The van der Waals surface area contributed by atoms with Crippen LogP contribution in [0.3, 0.4) is 0 Å². The molecule has 4 N–H and O–H groups in total. The molecular weight excluding hydrogens is 793 g/mol. The molecule has 0 atom stereocenters. The molecule has 0 heterocycles. The van der Waals surface area contributed by atoms with Crippen LogP contribution in [0.5, 0.6) is 23.0 Å². The highest BCUT2D eigenvalue weighted by Gasteiger charge is 2.17. The van der Waals surface area contributed by atoms with Gasteiger partial charge < -0.3 is 20.4 Å². The Morgan fingerprint density at radius 3 is 0.609 bits per heavy atom. The number of hydrogen-bond donors (Lipinski definition) is 4. The number of benzene rings is 4. The molecule has 0 aromatic heterocycles. The van der Waals surface area contributed by atoms with Crippen LogP contribution in [0.1, 0.15) is 153 Å². The zero-order chi connectivity index (χ0) is 47.3. The van der Waals surface area contributed by atoms with Crippen LogP contribution in [0.25, 0.3) is 22.3 Å². The van der Waals surface area contributed by atoms with Crippen molar-refractivity contribution in [3.63, 3.8) is 0 Å². The summed E-state index contributed by atoms with van der Waals surface area (Å²) in [5.74, 6) is 1.45. The average Bonchev–Trinajstić information content (AvgIpc) is 3.31. The number of aromatic hydroxyl groups is 4. The lowest BCUT2D eigenvalue weighted by Crippen LogP contribution is -2.22. The van der Waals surface area contributed by atoms with Gasteiger partial charge in [-0.05, 0) is 171 Å². The quantitative estimate of drug-likeness (QED) is 0.0517. The molecule has 0 amide bonds. The predicted octanol–water partition coefficient (Wildman–Crippen LogP) is 13.0. The van der Waals surface area contributed by atoms with E-state index in [0.717, 1.165) is 126 Å². The van der Waals surface area contributed by atoms with Crippen molar-refractivity contribution in [2.75, 3.05) is 52.4 Å². The van der Waals surface area contributed by atoms with Crippen molar-refractivity contribution in [2.45, 2.75) is 135 Å². The molecule has 0 fully saturated rings. The molecule has 4 rings (SSSR count). The Kier molecular flexibility index (Phi) is 23.2. The Labute approximate surface area is 388 Å². The fourth-order valence-electron chi connectivity index (χ4n) is 8.72. The topological polar surface area (TPSA) is 93.9 Å². The summed E-state index contributed by atoms with van der Waals surface area (Å²) in [6.45, 7) is 36.6. The van der Waals surface area contributed by atoms with E-state index >= 15 is 0 Å². The summed E-state index contributed by atoms with van der Waals surface area (Å²) in [5.41, 5.74) is 13.8. The number of allylic oxidation sites excluding steroid dienone is 4. The van der Waals surface area contributed by atoms with Gasteiger partial charge in [0.15, 0.2) is 0 Å². The highest BCUT2D eigenvalue weighted by Crippen LogP contribution is 2.37. The lowest BCUT2D eigenvalue weighted by atomic mass is 9.89. The van der Waals surface area contributed by atoms with Gasteiger partial charge >= 0.3 is 0 Å². The molecule has 0 saturated heterocycles. The first-order chi connectivity index (χ1) is 30.8. The van der Waals surface area contributed by atoms with Gasteiger partial charge in [-0.3, -0.25) is 19.6 Å². The summed E-state index contributed by atoms with van der Waals surface area (Å²) in [4.78, 5) is 9.26. The van der Waals surface area contributed by atoms with Gasteiger partial charge in [-0.1, -0.05) is 107 Å². The molecule has 8 nitrogen and oxygen atoms in total. The molecule has 0 bridgehead atoms. The van der Waals surface area contributed by atoms with E-state index in [2.05, 4.69) is 127 Å². The summed E-state index contributed by atoms with van der Waals surface area (Å²) in [6.07, 6.45) is 3.63. The van der Waals surface area contributed by atoms with Crippen LogP contribution < -0.4 is 0 Å². The van der Waals surface area contributed by atoms with Gasteiger partial charge in [0.1, 0.15) is 23.0 Å². The highest BCUT2D eigenvalue weighted by atomic mass is 16.3. The Morgan fingerprint density at radius 2 is 0.469 bits per heavy atom. The third-order valence-corrected chi connectivity index (χ3v) is 13.0. The van der Waals surface area contributed by atoms with Crippen molar-refractivity contribution in [3.8, 4) is 23.0 Å². The van der Waals surface area contributed by atoms with E-state index in [1.807, 2.05) is 48.5 Å². The van der Waals surface area contributed by atoms with E-state index in [-0.39, 0.29) is 0 Å². The fourth-order valence-corrected chi connectivity index (χ4v) is 8.72. The lowest BCUT2D eigenvalue weighted by molar-refractivity contribution is 0.291. The van der Waals surface area contributed by atoms with Crippen LogP contribution in [0.4, 0.5) is 0 Å². The zero-order valence-electron chi connectivity index (χ0n) is 41.8. The van der Waals surface area contributed by atoms with Gasteiger partial charge in [0.05, 0.1) is 0 Å². The Bertz CT molecular complexity index is 1790. The maximum Gasteiger partial charge on any atom is 0.120 e. The molecule has 0 saturated carbocycles. The second-order valence-electron chi connectivity index (χ2n) is 16.5. The second-order valence-corrected chi connectivity index (χ2v) is 16.5. The first-order valence-electron chi connectivity index (χ1n) is 24.5. The Balaban J connectivity index is 0.000000340. The molecule has 4 aromatic carbocycles. The van der Waals surface area contributed by atoms with E-state index in [0.29, 0.717) is 23.0 Å². The normalized spacial score (nSPS) is 12.5. The monoisotopic (exact) mass is 877 g/mol. The number of nitrogens with zero attached hydrogens (tertiary/aromatic N) is 4. The summed E-state index contributed by atoms with van der Waals surface area (Å²) in [5, 5.41) is 41.9. The van der Waals surface area contributed by atoms with Crippen molar-refractivity contribution >= 4 is 22.3 Å². The lowest BCUT2D eigenvalue weighted by Gasteiger charge is -2.21. The van der Waals surface area contributed by atoms with E-state index in [9.17, 15) is 20.4 Å². The van der Waals surface area contributed by atoms with Gasteiger partial charge in [0.2, 0.25) is 0 Å². The van der Waals surface area contributed by atoms with Crippen LogP contribution in [-0.2, 0) is 26.2 Å². The van der Waals surface area contributed by atoms with Crippen molar-refractivity contribution in [3.05, 3.63) is 117 Å². The molecule has 352 valence electrons. The minimum Gasteiger partial charge on any atom is -0.508 e. The summed E-state index contributed by atoms with van der Waals surface area (Å²) in [7, 11) is 0. The molecular formula is C56H84N4O4. The van der Waals surface area contributed by atoms with Crippen molar-refractivity contribution in [2.24, 2.45) is 0 Å². The second kappa shape index (κ2) is 27.7. The maximum atomic E-state index is 10.5. The van der Waals surface area contributed by atoms with E-state index in [1.54, 1.807) is 0 Å². The van der Waals surface area contributed by atoms with Crippen molar-refractivity contribution in [1.82, 2.24) is 19.6 Å². The van der Waals surface area contributed by atoms with Crippen LogP contribution in [0.15, 0.2) is 72.8 Å².